The van der Waals surface area contributed by atoms with Gasteiger partial charge in [0.05, 0.1) is 0 Å². The molecule has 0 amide bonds. The molecule has 0 fully saturated rings. The number of phenols is 1. The molecule has 1 heterocycles. The minimum Gasteiger partial charge on any atom is -0.507 e. The Morgan fingerprint density at radius 3 is 1.92 bits per heavy atom. The summed E-state index contributed by atoms with van der Waals surface area (Å²) in [5.74, 6) is 0.123. The molecule has 2 aromatic rings. The van der Waals surface area contributed by atoms with Crippen LogP contribution in [0.2, 0.25) is 0 Å². The number of aromatic nitrogens is 2. The molecule has 130 valence electrons. The zero-order valence-electron chi connectivity index (χ0n) is 15.2. The van der Waals surface area contributed by atoms with E-state index in [1.54, 1.807) is 12.1 Å². The molecule has 6 heteroatoms. The van der Waals surface area contributed by atoms with Crippen LogP contribution < -0.4 is 0 Å². The molecule has 0 atom stereocenters. The van der Waals surface area contributed by atoms with E-state index >= 15 is 0 Å². The fraction of sp³-hybridized carbons (Fsp3) is 0.500. The number of hydrogen-bond acceptors (Lipinski definition) is 6. The zero-order chi connectivity index (χ0) is 18.3. The molecule has 0 aliphatic heterocycles. The van der Waals surface area contributed by atoms with Crippen LogP contribution in [0, 0.1) is 0 Å². The number of hydrogen-bond donors (Lipinski definition) is 1. The van der Waals surface area contributed by atoms with E-state index in [1.807, 2.05) is 47.8 Å². The molecule has 1 aromatic heterocycles. The molecule has 2 rings (SSSR count). The molecule has 4 nitrogen and oxygen atoms in total. The van der Waals surface area contributed by atoms with Crippen molar-refractivity contribution in [3.05, 3.63) is 33.8 Å². The number of aromatic hydroxyl groups is 1. The summed E-state index contributed by atoms with van der Waals surface area (Å²) in [5.41, 5.74) is 1.55. The first-order valence-electron chi connectivity index (χ1n) is 7.75. The van der Waals surface area contributed by atoms with Gasteiger partial charge in [0.15, 0.2) is 9.35 Å². The van der Waals surface area contributed by atoms with Crippen LogP contribution in [0.15, 0.2) is 16.5 Å². The van der Waals surface area contributed by atoms with E-state index in [0.717, 1.165) is 15.5 Å². The molecule has 0 bridgehead atoms. The van der Waals surface area contributed by atoms with Crippen molar-refractivity contribution >= 4 is 28.9 Å². The van der Waals surface area contributed by atoms with Gasteiger partial charge in [0, 0.05) is 16.7 Å². The largest absolute Gasteiger partial charge is 0.507 e. The Labute approximate surface area is 151 Å². The number of ketones is 1. The Kier molecular flexibility index (Phi) is 5.11. The van der Waals surface area contributed by atoms with Gasteiger partial charge in [-0.25, -0.2) is 0 Å². The van der Waals surface area contributed by atoms with Gasteiger partial charge in [-0.05, 0) is 29.2 Å². The highest BCUT2D eigenvalue weighted by Gasteiger charge is 2.28. The minimum absolute atomic E-state index is 0.149. The molecule has 0 saturated carbocycles. The van der Waals surface area contributed by atoms with Gasteiger partial charge in [-0.1, -0.05) is 64.6 Å². The van der Waals surface area contributed by atoms with Gasteiger partial charge in [0.2, 0.25) is 5.78 Å². The zero-order valence-corrected chi connectivity index (χ0v) is 16.9. The van der Waals surface area contributed by atoms with Gasteiger partial charge >= 0.3 is 0 Å². The number of phenolic OH excluding ortho intramolecular Hbond substituents is 1. The van der Waals surface area contributed by atoms with Crippen molar-refractivity contribution in [3.8, 4) is 5.75 Å². The lowest BCUT2D eigenvalue weighted by atomic mass is 9.78. The number of carbonyl (C=O) groups is 1. The van der Waals surface area contributed by atoms with Crippen LogP contribution in [0.3, 0.4) is 0 Å². The second kappa shape index (κ2) is 6.48. The number of thioether (sulfide) groups is 1. The molecule has 0 aliphatic carbocycles. The summed E-state index contributed by atoms with van der Waals surface area (Å²) in [6.45, 7) is 12.2. The lowest BCUT2D eigenvalue weighted by Gasteiger charge is -2.27. The topological polar surface area (TPSA) is 63.1 Å². The van der Waals surface area contributed by atoms with E-state index in [-0.39, 0.29) is 22.4 Å². The summed E-state index contributed by atoms with van der Waals surface area (Å²) in [6.07, 6.45) is 1.91. The summed E-state index contributed by atoms with van der Waals surface area (Å²) < 4.78 is 0.768. The van der Waals surface area contributed by atoms with Crippen LogP contribution in [-0.4, -0.2) is 27.3 Å². The smallest absolute Gasteiger partial charge is 0.223 e. The normalized spacial score (nSPS) is 12.5. The summed E-state index contributed by atoms with van der Waals surface area (Å²) in [5, 5.41) is 19.1. The first-order valence-corrected chi connectivity index (χ1v) is 9.79. The van der Waals surface area contributed by atoms with Gasteiger partial charge < -0.3 is 5.11 Å². The third kappa shape index (κ3) is 3.81. The summed E-state index contributed by atoms with van der Waals surface area (Å²) >= 11 is 2.77. The average molecular weight is 365 g/mol. The SMILES string of the molecule is CSc1nnc(C(=O)c2cc(C(C)(C)C)c(O)c(C(C)(C)C)c2)s1. The van der Waals surface area contributed by atoms with Crippen LogP contribution in [0.1, 0.15) is 68.0 Å². The fourth-order valence-corrected chi connectivity index (χ4v) is 3.65. The third-order valence-corrected chi connectivity index (χ3v) is 5.66. The molecule has 0 spiro atoms. The predicted octanol–water partition coefficient (Wildman–Crippen LogP) is 4.79. The van der Waals surface area contributed by atoms with Gasteiger partial charge in [0.25, 0.3) is 0 Å². The lowest BCUT2D eigenvalue weighted by molar-refractivity contribution is 0.103. The van der Waals surface area contributed by atoms with E-state index in [2.05, 4.69) is 10.2 Å². The molecule has 0 saturated heterocycles. The third-order valence-electron chi connectivity index (χ3n) is 3.76. The molecule has 0 unspecified atom stereocenters. The van der Waals surface area contributed by atoms with Crippen LogP contribution in [0.5, 0.6) is 5.75 Å². The van der Waals surface area contributed by atoms with Gasteiger partial charge in [0.1, 0.15) is 5.75 Å². The molecular formula is C18H24N2O2S2. The maximum absolute atomic E-state index is 12.9. The average Bonchev–Trinajstić information content (AvgIpc) is 2.93. The lowest BCUT2D eigenvalue weighted by Crippen LogP contribution is -2.19. The van der Waals surface area contributed by atoms with Crippen molar-refractivity contribution in [2.45, 2.75) is 56.7 Å². The van der Waals surface area contributed by atoms with Crippen LogP contribution in [0.4, 0.5) is 0 Å². The highest BCUT2D eigenvalue weighted by Crippen LogP contribution is 2.40. The molecule has 0 radical (unpaired) electrons. The number of rotatable bonds is 3. The molecule has 0 aliphatic rings. The van der Waals surface area contributed by atoms with Crippen molar-refractivity contribution in [1.82, 2.24) is 10.2 Å². The van der Waals surface area contributed by atoms with Crippen molar-refractivity contribution in [3.63, 3.8) is 0 Å². The number of nitrogens with zero attached hydrogens (tertiary/aromatic N) is 2. The maximum Gasteiger partial charge on any atom is 0.223 e. The minimum atomic E-state index is -0.272. The van der Waals surface area contributed by atoms with Crippen molar-refractivity contribution < 1.29 is 9.90 Å². The molecular weight excluding hydrogens is 340 g/mol. The maximum atomic E-state index is 12.9. The highest BCUT2D eigenvalue weighted by molar-refractivity contribution is 8.00. The van der Waals surface area contributed by atoms with E-state index in [0.29, 0.717) is 10.6 Å². The molecule has 1 aromatic carbocycles. The standard InChI is InChI=1S/C18H24N2O2S2/c1-17(2,3)11-8-10(9-12(14(11)22)18(4,5)6)13(21)15-19-20-16(23-7)24-15/h8-9,22H,1-7H3. The molecule has 24 heavy (non-hydrogen) atoms. The van der Waals surface area contributed by atoms with Gasteiger partial charge in [-0.15, -0.1) is 10.2 Å². The summed E-state index contributed by atoms with van der Waals surface area (Å²) in [7, 11) is 0. The Morgan fingerprint density at radius 1 is 1.04 bits per heavy atom. The second-order valence-corrected chi connectivity index (χ2v) is 9.86. The highest BCUT2D eigenvalue weighted by atomic mass is 32.2. The van der Waals surface area contributed by atoms with Crippen LogP contribution in [0.25, 0.3) is 0 Å². The van der Waals surface area contributed by atoms with Gasteiger partial charge in [-0.3, -0.25) is 4.79 Å². The summed E-state index contributed by atoms with van der Waals surface area (Å²) in [4.78, 5) is 12.9. The second-order valence-electron chi connectivity index (χ2n) is 7.83. The Balaban J connectivity index is 2.63. The first kappa shape index (κ1) is 18.9. The van der Waals surface area contributed by atoms with E-state index in [4.69, 9.17) is 0 Å². The molecule has 1 N–H and O–H groups in total. The van der Waals surface area contributed by atoms with Crippen molar-refractivity contribution in [2.75, 3.05) is 6.26 Å². The van der Waals surface area contributed by atoms with Gasteiger partial charge in [-0.2, -0.15) is 0 Å². The predicted molar refractivity (Wildman–Crippen MR) is 101 cm³/mol. The van der Waals surface area contributed by atoms with Crippen molar-refractivity contribution in [2.24, 2.45) is 0 Å². The summed E-state index contributed by atoms with van der Waals surface area (Å²) in [6, 6.07) is 3.57. The Bertz CT molecular complexity index is 733. The Morgan fingerprint density at radius 2 is 1.54 bits per heavy atom. The Hall–Kier alpha value is -1.40. The van der Waals surface area contributed by atoms with Crippen LogP contribution >= 0.6 is 23.1 Å². The van der Waals surface area contributed by atoms with Crippen LogP contribution in [-0.2, 0) is 10.8 Å². The quantitative estimate of drug-likeness (QED) is 0.626. The van der Waals surface area contributed by atoms with E-state index < -0.39 is 0 Å². The number of carbonyl (C=O) groups excluding carboxylic acids is 1. The van der Waals surface area contributed by atoms with E-state index in [9.17, 15) is 9.90 Å². The van der Waals surface area contributed by atoms with E-state index in [1.165, 1.54) is 23.1 Å². The fourth-order valence-electron chi connectivity index (χ4n) is 2.42. The van der Waals surface area contributed by atoms with Crippen molar-refractivity contribution in [1.29, 1.82) is 0 Å². The number of benzene rings is 1. The first-order chi connectivity index (χ1) is 10.9. The monoisotopic (exact) mass is 364 g/mol.